The Hall–Kier alpha value is -1.43. The smallest absolute Gasteiger partial charge is 0.332 e. The van der Waals surface area contributed by atoms with Crippen LogP contribution in [0, 0.1) is 17.0 Å². The lowest BCUT2D eigenvalue weighted by Crippen LogP contribution is -2.22. The molecule has 1 aromatic rings. The van der Waals surface area contributed by atoms with Crippen LogP contribution in [0.3, 0.4) is 0 Å². The summed E-state index contributed by atoms with van der Waals surface area (Å²) in [6, 6.07) is 0.337. The van der Waals surface area contributed by atoms with Crippen LogP contribution < -0.4 is 4.90 Å². The van der Waals surface area contributed by atoms with Gasteiger partial charge in [-0.25, -0.2) is 4.98 Å². The van der Waals surface area contributed by atoms with Crippen LogP contribution >= 0.6 is 11.6 Å². The highest BCUT2D eigenvalue weighted by Crippen LogP contribution is 2.35. The van der Waals surface area contributed by atoms with Crippen LogP contribution in [0.1, 0.15) is 18.5 Å². The van der Waals surface area contributed by atoms with Gasteiger partial charge >= 0.3 is 5.69 Å². The van der Waals surface area contributed by atoms with Gasteiger partial charge in [0.15, 0.2) is 0 Å². The summed E-state index contributed by atoms with van der Waals surface area (Å²) in [5.74, 6) is 0.310. The molecule has 7 heteroatoms. The van der Waals surface area contributed by atoms with Crippen LogP contribution in [0.15, 0.2) is 0 Å². The van der Waals surface area contributed by atoms with Crippen molar-refractivity contribution in [3.63, 3.8) is 0 Å². The fourth-order valence-electron chi connectivity index (χ4n) is 1.61. The van der Waals surface area contributed by atoms with Gasteiger partial charge in [0.25, 0.3) is 0 Å². The summed E-state index contributed by atoms with van der Waals surface area (Å²) in [5.41, 5.74) is 0.242. The summed E-state index contributed by atoms with van der Waals surface area (Å²) in [5, 5.41) is 11.0. The lowest BCUT2D eigenvalue weighted by Gasteiger charge is -2.17. The summed E-state index contributed by atoms with van der Waals surface area (Å²) in [6.07, 6.45) is 2.07. The zero-order valence-corrected chi connectivity index (χ0v) is 9.73. The summed E-state index contributed by atoms with van der Waals surface area (Å²) in [4.78, 5) is 20.1. The van der Waals surface area contributed by atoms with Crippen molar-refractivity contribution in [2.45, 2.75) is 25.8 Å². The van der Waals surface area contributed by atoms with E-state index in [4.69, 9.17) is 11.6 Å². The highest BCUT2D eigenvalue weighted by Gasteiger charge is 2.33. The van der Waals surface area contributed by atoms with Crippen molar-refractivity contribution >= 4 is 23.1 Å². The van der Waals surface area contributed by atoms with Crippen LogP contribution in [-0.2, 0) is 0 Å². The molecule has 0 bridgehead atoms. The highest BCUT2D eigenvalue weighted by atomic mass is 35.5. The molecule has 0 spiro atoms. The van der Waals surface area contributed by atoms with Gasteiger partial charge in [-0.1, -0.05) is 0 Å². The molecule has 2 rings (SSSR count). The van der Waals surface area contributed by atoms with E-state index in [1.807, 2.05) is 0 Å². The first-order chi connectivity index (χ1) is 7.50. The Kier molecular flexibility index (Phi) is 2.67. The summed E-state index contributed by atoms with van der Waals surface area (Å²) >= 11 is 5.72. The molecule has 0 N–H and O–H groups in total. The third kappa shape index (κ3) is 1.92. The second-order valence-electron chi connectivity index (χ2n) is 3.85. The molecule has 16 heavy (non-hydrogen) atoms. The molecule has 1 aliphatic rings. The van der Waals surface area contributed by atoms with Crippen molar-refractivity contribution in [2.75, 3.05) is 11.9 Å². The molecule has 0 aromatic carbocycles. The van der Waals surface area contributed by atoms with Crippen molar-refractivity contribution in [1.29, 1.82) is 0 Å². The van der Waals surface area contributed by atoms with E-state index in [0.29, 0.717) is 17.6 Å². The van der Waals surface area contributed by atoms with Gasteiger partial charge < -0.3 is 4.90 Å². The van der Waals surface area contributed by atoms with Gasteiger partial charge in [0.1, 0.15) is 5.69 Å². The van der Waals surface area contributed by atoms with E-state index in [1.165, 1.54) is 0 Å². The fourth-order valence-corrected chi connectivity index (χ4v) is 1.82. The minimum absolute atomic E-state index is 0.0469. The van der Waals surface area contributed by atoms with Crippen LogP contribution in [0.2, 0.25) is 5.28 Å². The maximum absolute atomic E-state index is 11.0. The molecule has 1 aromatic heterocycles. The van der Waals surface area contributed by atoms with Crippen LogP contribution in [-0.4, -0.2) is 28.0 Å². The maximum atomic E-state index is 11.0. The topological polar surface area (TPSA) is 72.2 Å². The standard InChI is InChI=1S/C9H11ClN4O2/c1-5-7(14(15)16)8(12-9(10)11-5)13(2)6-3-4-6/h6H,3-4H2,1-2H3. The average Bonchev–Trinajstić information content (AvgIpc) is 2.97. The van der Waals surface area contributed by atoms with Crippen molar-refractivity contribution < 1.29 is 4.92 Å². The molecular weight excluding hydrogens is 232 g/mol. The van der Waals surface area contributed by atoms with E-state index < -0.39 is 4.92 Å². The Morgan fingerprint density at radius 3 is 2.62 bits per heavy atom. The van der Waals surface area contributed by atoms with Crippen molar-refractivity contribution in [1.82, 2.24) is 9.97 Å². The Labute approximate surface area is 97.4 Å². The number of aryl methyl sites for hydroxylation is 1. The van der Waals surface area contributed by atoms with Gasteiger partial charge in [-0.15, -0.1) is 0 Å². The maximum Gasteiger partial charge on any atom is 0.332 e. The Balaban J connectivity index is 2.51. The van der Waals surface area contributed by atoms with Crippen molar-refractivity contribution in [3.8, 4) is 0 Å². The van der Waals surface area contributed by atoms with E-state index in [1.54, 1.807) is 18.9 Å². The zero-order valence-electron chi connectivity index (χ0n) is 8.97. The Bertz CT molecular complexity index is 447. The summed E-state index contributed by atoms with van der Waals surface area (Å²) in [7, 11) is 1.79. The molecular formula is C9H11ClN4O2. The van der Waals surface area contributed by atoms with Crippen LogP contribution in [0.4, 0.5) is 11.5 Å². The van der Waals surface area contributed by atoms with E-state index >= 15 is 0 Å². The molecule has 0 amide bonds. The number of rotatable bonds is 3. The monoisotopic (exact) mass is 242 g/mol. The summed E-state index contributed by atoms with van der Waals surface area (Å²) in [6.45, 7) is 1.57. The first kappa shape index (κ1) is 11.1. The third-order valence-electron chi connectivity index (χ3n) is 2.62. The predicted molar refractivity (Wildman–Crippen MR) is 59.9 cm³/mol. The molecule has 0 atom stereocenters. The minimum atomic E-state index is -0.458. The van der Waals surface area contributed by atoms with Gasteiger partial charge in [0, 0.05) is 13.1 Å². The van der Waals surface area contributed by atoms with Crippen LogP contribution in [0.25, 0.3) is 0 Å². The molecule has 1 saturated carbocycles. The second-order valence-corrected chi connectivity index (χ2v) is 4.19. The molecule has 1 aliphatic carbocycles. The average molecular weight is 243 g/mol. The molecule has 86 valence electrons. The molecule has 0 unspecified atom stereocenters. The molecule has 0 radical (unpaired) electrons. The SMILES string of the molecule is Cc1nc(Cl)nc(N(C)C2CC2)c1[N+](=O)[O-]. The van der Waals surface area contributed by atoms with E-state index in [0.717, 1.165) is 12.8 Å². The lowest BCUT2D eigenvalue weighted by atomic mass is 10.3. The van der Waals surface area contributed by atoms with Gasteiger partial charge in [0.05, 0.1) is 4.92 Å². The zero-order chi connectivity index (χ0) is 11.9. The van der Waals surface area contributed by atoms with E-state index in [2.05, 4.69) is 9.97 Å². The van der Waals surface area contributed by atoms with Gasteiger partial charge in [-0.05, 0) is 31.4 Å². The number of halogens is 1. The Morgan fingerprint density at radius 2 is 2.12 bits per heavy atom. The number of aromatic nitrogens is 2. The summed E-state index contributed by atoms with van der Waals surface area (Å²) < 4.78 is 0. The third-order valence-corrected chi connectivity index (χ3v) is 2.79. The first-order valence-corrected chi connectivity index (χ1v) is 5.30. The number of nitrogens with zero attached hydrogens (tertiary/aromatic N) is 4. The fraction of sp³-hybridized carbons (Fsp3) is 0.556. The number of hydrogen-bond donors (Lipinski definition) is 0. The molecule has 1 fully saturated rings. The molecule has 0 aliphatic heterocycles. The number of nitro groups is 1. The predicted octanol–water partition coefficient (Wildman–Crippen LogP) is 1.95. The Morgan fingerprint density at radius 1 is 1.50 bits per heavy atom. The second kappa shape index (κ2) is 3.86. The van der Waals surface area contributed by atoms with E-state index in [9.17, 15) is 10.1 Å². The van der Waals surface area contributed by atoms with Crippen LogP contribution in [0.5, 0.6) is 0 Å². The largest absolute Gasteiger partial charge is 0.351 e. The number of anilines is 1. The van der Waals surface area contributed by atoms with Crippen molar-refractivity contribution in [3.05, 3.63) is 21.1 Å². The molecule has 1 heterocycles. The quantitative estimate of drug-likeness (QED) is 0.460. The van der Waals surface area contributed by atoms with Gasteiger partial charge in [0.2, 0.25) is 11.1 Å². The molecule has 6 nitrogen and oxygen atoms in total. The highest BCUT2D eigenvalue weighted by molar-refractivity contribution is 6.28. The van der Waals surface area contributed by atoms with E-state index in [-0.39, 0.29) is 11.0 Å². The molecule has 0 saturated heterocycles. The lowest BCUT2D eigenvalue weighted by molar-refractivity contribution is -0.385. The minimum Gasteiger partial charge on any atom is -0.351 e. The number of hydrogen-bond acceptors (Lipinski definition) is 5. The normalized spacial score (nSPS) is 14.9. The van der Waals surface area contributed by atoms with Crippen molar-refractivity contribution in [2.24, 2.45) is 0 Å². The first-order valence-electron chi connectivity index (χ1n) is 4.92. The van der Waals surface area contributed by atoms with Gasteiger partial charge in [-0.3, -0.25) is 10.1 Å². The van der Waals surface area contributed by atoms with Gasteiger partial charge in [-0.2, -0.15) is 4.98 Å².